The molecule has 1 aliphatic carbocycles. The van der Waals surface area contributed by atoms with Crippen LogP contribution in [0.5, 0.6) is 0 Å². The van der Waals surface area contributed by atoms with E-state index in [9.17, 15) is 14.4 Å². The predicted molar refractivity (Wildman–Crippen MR) is 95.5 cm³/mol. The number of nitrogens with zero attached hydrogens (tertiary/aromatic N) is 2. The van der Waals surface area contributed by atoms with E-state index in [2.05, 4.69) is 10.6 Å². The van der Waals surface area contributed by atoms with Crippen molar-refractivity contribution >= 4 is 35.1 Å². The second-order valence-electron chi connectivity index (χ2n) is 6.67. The minimum Gasteiger partial charge on any atom is -0.323 e. The van der Waals surface area contributed by atoms with E-state index >= 15 is 0 Å². The Bertz CT molecular complexity index is 794. The highest BCUT2D eigenvalue weighted by molar-refractivity contribution is 6.31. The van der Waals surface area contributed by atoms with E-state index in [4.69, 9.17) is 16.9 Å². The van der Waals surface area contributed by atoms with Gasteiger partial charge in [-0.15, -0.1) is 0 Å². The third-order valence-corrected chi connectivity index (χ3v) is 5.12. The van der Waals surface area contributed by atoms with Gasteiger partial charge in [-0.25, -0.2) is 4.79 Å². The Labute approximate surface area is 156 Å². The number of carbonyl (C=O) groups excluding carboxylic acids is 3. The number of hydrogen-bond donors (Lipinski definition) is 2. The number of nitrogens with one attached hydrogen (secondary N) is 2. The van der Waals surface area contributed by atoms with Gasteiger partial charge >= 0.3 is 6.03 Å². The van der Waals surface area contributed by atoms with Crippen LogP contribution in [0.2, 0.25) is 5.02 Å². The quantitative estimate of drug-likeness (QED) is 0.794. The van der Waals surface area contributed by atoms with Crippen LogP contribution in [0.3, 0.4) is 0 Å². The van der Waals surface area contributed by atoms with E-state index in [1.54, 1.807) is 6.07 Å². The maximum Gasteiger partial charge on any atom is 0.325 e. The fourth-order valence-electron chi connectivity index (χ4n) is 3.54. The van der Waals surface area contributed by atoms with Crippen molar-refractivity contribution in [2.75, 3.05) is 11.9 Å². The number of anilines is 1. The zero-order valence-corrected chi connectivity index (χ0v) is 14.9. The van der Waals surface area contributed by atoms with Crippen LogP contribution >= 0.6 is 11.6 Å². The normalized spacial score (nSPS) is 19.0. The monoisotopic (exact) mass is 374 g/mol. The van der Waals surface area contributed by atoms with Crippen LogP contribution in [0.25, 0.3) is 0 Å². The largest absolute Gasteiger partial charge is 0.325 e. The smallest absolute Gasteiger partial charge is 0.323 e. The van der Waals surface area contributed by atoms with Crippen molar-refractivity contribution in [2.24, 2.45) is 0 Å². The topological polar surface area (TPSA) is 102 Å². The first-order chi connectivity index (χ1) is 12.4. The Balaban J connectivity index is 1.72. The van der Waals surface area contributed by atoms with Gasteiger partial charge in [-0.3, -0.25) is 14.5 Å². The molecule has 1 aliphatic heterocycles. The third kappa shape index (κ3) is 3.51. The lowest BCUT2D eigenvalue weighted by Crippen LogP contribution is -2.47. The Kier molecular flexibility index (Phi) is 5.14. The molecule has 0 bridgehead atoms. The molecule has 1 heterocycles. The van der Waals surface area contributed by atoms with Gasteiger partial charge in [-0.2, -0.15) is 5.26 Å². The molecule has 2 fully saturated rings. The molecule has 0 unspecified atom stereocenters. The number of nitriles is 1. The number of carbonyl (C=O) groups is 3. The van der Waals surface area contributed by atoms with Crippen molar-refractivity contribution in [1.29, 1.82) is 5.26 Å². The summed E-state index contributed by atoms with van der Waals surface area (Å²) in [6, 6.07) is 5.91. The number of halogens is 1. The summed E-state index contributed by atoms with van der Waals surface area (Å²) in [5.41, 5.74) is -0.372. The summed E-state index contributed by atoms with van der Waals surface area (Å²) in [6.45, 7) is -0.399. The molecule has 0 radical (unpaired) electrons. The Hall–Kier alpha value is -2.59. The van der Waals surface area contributed by atoms with Crippen molar-refractivity contribution in [1.82, 2.24) is 10.2 Å². The highest BCUT2D eigenvalue weighted by Crippen LogP contribution is 2.32. The van der Waals surface area contributed by atoms with E-state index in [-0.39, 0.29) is 17.2 Å². The van der Waals surface area contributed by atoms with Gasteiger partial charge in [0.15, 0.2) is 0 Å². The third-order valence-electron chi connectivity index (χ3n) is 4.88. The van der Waals surface area contributed by atoms with Gasteiger partial charge in [0.25, 0.3) is 5.91 Å². The zero-order valence-electron chi connectivity index (χ0n) is 14.2. The molecule has 1 aromatic rings. The fraction of sp³-hybridized carbons (Fsp3) is 0.444. The van der Waals surface area contributed by atoms with Crippen LogP contribution in [-0.4, -0.2) is 34.8 Å². The van der Waals surface area contributed by atoms with E-state index in [1.165, 1.54) is 12.1 Å². The molecule has 8 heteroatoms. The molecule has 1 aromatic carbocycles. The predicted octanol–water partition coefficient (Wildman–Crippen LogP) is 2.79. The number of hydrogen-bond acceptors (Lipinski definition) is 4. The summed E-state index contributed by atoms with van der Waals surface area (Å²) >= 11 is 5.90. The van der Waals surface area contributed by atoms with Crippen LogP contribution < -0.4 is 10.6 Å². The molecule has 0 atom stereocenters. The van der Waals surface area contributed by atoms with Crippen molar-refractivity contribution in [3.8, 4) is 6.07 Å². The molecule has 136 valence electrons. The van der Waals surface area contributed by atoms with Crippen LogP contribution in [0.4, 0.5) is 10.5 Å². The number of benzene rings is 1. The van der Waals surface area contributed by atoms with Crippen molar-refractivity contribution < 1.29 is 14.4 Å². The van der Waals surface area contributed by atoms with E-state index in [0.717, 1.165) is 30.6 Å². The van der Waals surface area contributed by atoms with Gasteiger partial charge in [-0.1, -0.05) is 37.3 Å². The highest BCUT2D eigenvalue weighted by Gasteiger charge is 2.51. The molecule has 7 nitrogen and oxygen atoms in total. The molecule has 2 N–H and O–H groups in total. The van der Waals surface area contributed by atoms with Crippen LogP contribution in [0.15, 0.2) is 18.2 Å². The molecule has 1 spiro atoms. The molecule has 4 amide bonds. The lowest BCUT2D eigenvalue weighted by Gasteiger charge is -2.24. The molecule has 26 heavy (non-hydrogen) atoms. The summed E-state index contributed by atoms with van der Waals surface area (Å²) in [7, 11) is 0. The van der Waals surface area contributed by atoms with Crippen LogP contribution in [0.1, 0.15) is 44.1 Å². The summed E-state index contributed by atoms with van der Waals surface area (Å²) in [4.78, 5) is 38.4. The first-order valence-corrected chi connectivity index (χ1v) is 8.97. The molecule has 0 aromatic heterocycles. The lowest BCUT2D eigenvalue weighted by molar-refractivity contribution is -0.134. The Morgan fingerprint density at radius 2 is 1.96 bits per heavy atom. The minimum atomic E-state index is -0.873. The van der Waals surface area contributed by atoms with Gasteiger partial charge in [0, 0.05) is 5.02 Å². The maximum atomic E-state index is 12.8. The van der Waals surface area contributed by atoms with Gasteiger partial charge in [0.2, 0.25) is 5.91 Å². The number of rotatable bonds is 3. The van der Waals surface area contributed by atoms with Gasteiger partial charge < -0.3 is 10.6 Å². The maximum absolute atomic E-state index is 12.8. The summed E-state index contributed by atoms with van der Waals surface area (Å²) in [5, 5.41) is 14.8. The van der Waals surface area contributed by atoms with Gasteiger partial charge in [-0.05, 0) is 31.0 Å². The second kappa shape index (κ2) is 7.34. The number of urea groups is 1. The second-order valence-corrected chi connectivity index (χ2v) is 7.10. The number of imide groups is 1. The summed E-state index contributed by atoms with van der Waals surface area (Å²) < 4.78 is 0. The molecular weight excluding hydrogens is 356 g/mol. The molecule has 2 aliphatic rings. The fourth-order valence-corrected chi connectivity index (χ4v) is 3.71. The number of amides is 4. The zero-order chi connectivity index (χ0) is 18.7. The van der Waals surface area contributed by atoms with Crippen molar-refractivity contribution in [3.05, 3.63) is 28.8 Å². The van der Waals surface area contributed by atoms with Gasteiger partial charge in [0.1, 0.15) is 18.2 Å². The summed E-state index contributed by atoms with van der Waals surface area (Å²) in [6.07, 6.45) is 5.03. The van der Waals surface area contributed by atoms with Crippen molar-refractivity contribution in [3.63, 3.8) is 0 Å². The highest BCUT2D eigenvalue weighted by atomic mass is 35.5. The van der Waals surface area contributed by atoms with Crippen LogP contribution in [-0.2, 0) is 9.59 Å². The minimum absolute atomic E-state index is 0.250. The van der Waals surface area contributed by atoms with E-state index < -0.39 is 24.0 Å². The standard InChI is InChI=1S/C18H19ClN4O3/c19-13-6-5-12(10-20)14(9-13)21-15(24)11-23-16(25)18(22-17(23)26)7-3-1-2-4-8-18/h5-6,9H,1-4,7-8,11H2,(H,21,24)(H,22,26). The molecular formula is C18H19ClN4O3. The lowest BCUT2D eigenvalue weighted by atomic mass is 9.90. The van der Waals surface area contributed by atoms with E-state index in [0.29, 0.717) is 17.9 Å². The SMILES string of the molecule is N#Cc1ccc(Cl)cc1NC(=O)CN1C(=O)NC2(CCCCCC2)C1=O. The average Bonchev–Trinajstić information content (AvgIpc) is 2.77. The first-order valence-electron chi connectivity index (χ1n) is 8.59. The summed E-state index contributed by atoms with van der Waals surface area (Å²) in [5.74, 6) is -0.899. The molecule has 1 saturated carbocycles. The molecule has 1 saturated heterocycles. The van der Waals surface area contributed by atoms with Gasteiger partial charge in [0.05, 0.1) is 11.3 Å². The Morgan fingerprint density at radius 3 is 2.62 bits per heavy atom. The van der Waals surface area contributed by atoms with E-state index in [1.807, 2.05) is 6.07 Å². The molecule has 3 rings (SSSR count). The first kappa shape index (κ1) is 18.2. The van der Waals surface area contributed by atoms with Crippen LogP contribution in [0, 0.1) is 11.3 Å². The average molecular weight is 375 g/mol. The Morgan fingerprint density at radius 1 is 1.27 bits per heavy atom. The van der Waals surface area contributed by atoms with Crippen molar-refractivity contribution in [2.45, 2.75) is 44.1 Å².